The number of allylic oxidation sites excluding steroid dienone is 1. The number of carbonyl (C=O) groups excluding carboxylic acids is 1. The molecule has 1 saturated carbocycles. The Morgan fingerprint density at radius 3 is 2.71 bits per heavy atom. The number of rotatable bonds is 7. The molecule has 34 heavy (non-hydrogen) atoms. The molecule has 1 atom stereocenters. The first-order chi connectivity index (χ1) is 16.4. The van der Waals surface area contributed by atoms with Crippen molar-refractivity contribution in [2.45, 2.75) is 68.4 Å². The maximum atomic E-state index is 13.5. The van der Waals surface area contributed by atoms with Crippen LogP contribution in [0.5, 0.6) is 0 Å². The van der Waals surface area contributed by atoms with Crippen molar-refractivity contribution in [3.05, 3.63) is 58.9 Å². The van der Waals surface area contributed by atoms with Crippen molar-refractivity contribution in [2.75, 3.05) is 0 Å². The average molecular weight is 493 g/mol. The lowest BCUT2D eigenvalue weighted by molar-refractivity contribution is -0.121. The van der Waals surface area contributed by atoms with Gasteiger partial charge in [-0.25, -0.2) is 4.98 Å². The SMILES string of the molecule is C=CCn1c(S[C@@H](C)C(=O)NC2(C#N)CCCCC2)nc2sc(-c3ccccc3)c(C)c2c1=O. The highest BCUT2D eigenvalue weighted by atomic mass is 32.2. The van der Waals surface area contributed by atoms with Gasteiger partial charge in [0.2, 0.25) is 5.91 Å². The molecule has 0 unspecified atom stereocenters. The van der Waals surface area contributed by atoms with Crippen molar-refractivity contribution in [3.8, 4) is 16.5 Å². The molecule has 0 radical (unpaired) electrons. The molecule has 2 aromatic heterocycles. The highest BCUT2D eigenvalue weighted by Crippen LogP contribution is 2.37. The van der Waals surface area contributed by atoms with Gasteiger partial charge >= 0.3 is 0 Å². The maximum Gasteiger partial charge on any atom is 0.263 e. The van der Waals surface area contributed by atoms with Crippen LogP contribution < -0.4 is 10.9 Å². The van der Waals surface area contributed by atoms with Crippen LogP contribution >= 0.6 is 23.1 Å². The predicted molar refractivity (Wildman–Crippen MR) is 139 cm³/mol. The van der Waals surface area contributed by atoms with E-state index in [1.165, 1.54) is 23.1 Å². The largest absolute Gasteiger partial charge is 0.337 e. The minimum Gasteiger partial charge on any atom is -0.337 e. The quantitative estimate of drug-likeness (QED) is 0.269. The second-order valence-electron chi connectivity index (χ2n) is 8.71. The number of thioether (sulfide) groups is 1. The lowest BCUT2D eigenvalue weighted by Crippen LogP contribution is -2.51. The standard InChI is InChI=1S/C26H28N4O2S2/c1-4-15-30-24(32)20-17(2)21(19-11-7-5-8-12-19)34-23(20)28-25(30)33-18(3)22(31)29-26(16-27)13-9-6-10-14-26/h4-5,7-8,11-12,18H,1,6,9-10,13-15H2,2-3H3,(H,29,31)/t18-/m0/s1. The number of benzene rings is 1. The van der Waals surface area contributed by atoms with E-state index in [9.17, 15) is 14.9 Å². The lowest BCUT2D eigenvalue weighted by atomic mass is 9.83. The number of amides is 1. The van der Waals surface area contributed by atoms with Crippen molar-refractivity contribution in [1.29, 1.82) is 5.26 Å². The molecule has 1 N–H and O–H groups in total. The number of thiophene rings is 1. The highest BCUT2D eigenvalue weighted by molar-refractivity contribution is 8.00. The van der Waals surface area contributed by atoms with Crippen LogP contribution in [0, 0.1) is 18.3 Å². The smallest absolute Gasteiger partial charge is 0.263 e. The molecule has 4 rings (SSSR count). The zero-order valence-electron chi connectivity index (χ0n) is 19.5. The van der Waals surface area contributed by atoms with Crippen molar-refractivity contribution in [1.82, 2.24) is 14.9 Å². The molecule has 1 amide bonds. The summed E-state index contributed by atoms with van der Waals surface area (Å²) in [6.45, 7) is 7.84. The minimum absolute atomic E-state index is 0.128. The fourth-order valence-electron chi connectivity index (χ4n) is 4.41. The molecular weight excluding hydrogens is 464 g/mol. The fraction of sp³-hybridized carbons (Fsp3) is 0.385. The summed E-state index contributed by atoms with van der Waals surface area (Å²) in [5.74, 6) is -0.208. The molecule has 3 aromatic rings. The van der Waals surface area contributed by atoms with E-state index in [-0.39, 0.29) is 11.5 Å². The van der Waals surface area contributed by atoms with Crippen molar-refractivity contribution >= 4 is 39.2 Å². The molecule has 6 nitrogen and oxygen atoms in total. The Morgan fingerprint density at radius 2 is 2.06 bits per heavy atom. The summed E-state index contributed by atoms with van der Waals surface area (Å²) in [4.78, 5) is 33.0. The van der Waals surface area contributed by atoms with E-state index in [1.807, 2.05) is 37.3 Å². The third-order valence-corrected chi connectivity index (χ3v) is 8.62. The van der Waals surface area contributed by atoms with Crippen LogP contribution in [0.3, 0.4) is 0 Å². The van der Waals surface area contributed by atoms with Crippen LogP contribution in [0.15, 0.2) is 52.9 Å². The van der Waals surface area contributed by atoms with Gasteiger partial charge in [0.1, 0.15) is 10.4 Å². The number of aromatic nitrogens is 2. The van der Waals surface area contributed by atoms with Crippen LogP contribution in [-0.4, -0.2) is 26.2 Å². The van der Waals surface area contributed by atoms with Crippen LogP contribution in [0.25, 0.3) is 20.7 Å². The first kappa shape index (κ1) is 24.2. The Balaban J connectivity index is 1.68. The molecule has 1 aliphatic carbocycles. The molecule has 2 heterocycles. The average Bonchev–Trinajstić information content (AvgIpc) is 3.18. The number of nitrogens with zero attached hydrogens (tertiary/aromatic N) is 3. The zero-order valence-corrected chi connectivity index (χ0v) is 21.1. The molecule has 0 saturated heterocycles. The van der Waals surface area contributed by atoms with Gasteiger partial charge in [0, 0.05) is 11.4 Å². The van der Waals surface area contributed by atoms with Gasteiger partial charge in [0.25, 0.3) is 5.56 Å². The number of aryl methyl sites for hydroxylation is 1. The van der Waals surface area contributed by atoms with Gasteiger partial charge in [-0.3, -0.25) is 14.2 Å². The Bertz CT molecular complexity index is 1310. The summed E-state index contributed by atoms with van der Waals surface area (Å²) in [6.07, 6.45) is 5.98. The van der Waals surface area contributed by atoms with Crippen molar-refractivity contribution in [3.63, 3.8) is 0 Å². The van der Waals surface area contributed by atoms with Gasteiger partial charge < -0.3 is 5.32 Å². The Kier molecular flexibility index (Phi) is 7.24. The summed E-state index contributed by atoms with van der Waals surface area (Å²) in [6, 6.07) is 12.3. The second kappa shape index (κ2) is 10.2. The number of nitriles is 1. The van der Waals surface area contributed by atoms with Crippen LogP contribution in [0.2, 0.25) is 0 Å². The predicted octanol–water partition coefficient (Wildman–Crippen LogP) is 5.44. The van der Waals surface area contributed by atoms with E-state index in [0.29, 0.717) is 34.8 Å². The minimum atomic E-state index is -0.794. The molecule has 8 heteroatoms. The van der Waals surface area contributed by atoms with Crippen molar-refractivity contribution in [2.24, 2.45) is 0 Å². The molecular formula is C26H28N4O2S2. The van der Waals surface area contributed by atoms with Gasteiger partial charge in [-0.05, 0) is 37.8 Å². The summed E-state index contributed by atoms with van der Waals surface area (Å²) in [5, 5.41) is 13.3. The van der Waals surface area contributed by atoms with E-state index >= 15 is 0 Å². The first-order valence-corrected chi connectivity index (χ1v) is 13.2. The highest BCUT2D eigenvalue weighted by Gasteiger charge is 2.35. The van der Waals surface area contributed by atoms with Gasteiger partial charge in [0.15, 0.2) is 5.16 Å². The molecule has 1 aromatic carbocycles. The summed E-state index contributed by atoms with van der Waals surface area (Å²) in [5.41, 5.74) is 1.04. The lowest BCUT2D eigenvalue weighted by Gasteiger charge is -2.32. The van der Waals surface area contributed by atoms with E-state index in [2.05, 4.69) is 18.0 Å². The van der Waals surface area contributed by atoms with E-state index < -0.39 is 10.8 Å². The molecule has 176 valence electrons. The Morgan fingerprint density at radius 1 is 1.35 bits per heavy atom. The second-order valence-corrected chi connectivity index (χ2v) is 11.0. The van der Waals surface area contributed by atoms with Gasteiger partial charge in [-0.2, -0.15) is 5.26 Å². The van der Waals surface area contributed by atoms with Gasteiger partial charge in [-0.15, -0.1) is 17.9 Å². The number of carbonyl (C=O) groups is 1. The third-order valence-electron chi connectivity index (χ3n) is 6.30. The van der Waals surface area contributed by atoms with E-state index in [4.69, 9.17) is 4.98 Å². The molecule has 1 aliphatic rings. The molecule has 0 aliphatic heterocycles. The number of hydrogen-bond acceptors (Lipinski definition) is 6. The van der Waals surface area contributed by atoms with Crippen molar-refractivity contribution < 1.29 is 4.79 Å². The normalized spacial score (nSPS) is 16.0. The first-order valence-electron chi connectivity index (χ1n) is 11.5. The Labute approximate surface area is 207 Å². The third kappa shape index (κ3) is 4.68. The summed E-state index contributed by atoms with van der Waals surface area (Å²) >= 11 is 2.74. The molecule has 0 bridgehead atoms. The summed E-state index contributed by atoms with van der Waals surface area (Å²) < 4.78 is 1.58. The molecule has 1 fully saturated rings. The molecule has 0 spiro atoms. The van der Waals surface area contributed by atoms with Crippen LogP contribution in [0.4, 0.5) is 0 Å². The number of fused-ring (bicyclic) bond motifs is 1. The Hall–Kier alpha value is -2.89. The number of nitrogens with one attached hydrogen (secondary N) is 1. The van der Waals surface area contributed by atoms with Crippen LogP contribution in [0.1, 0.15) is 44.6 Å². The maximum absolute atomic E-state index is 13.5. The van der Waals surface area contributed by atoms with Crippen LogP contribution in [-0.2, 0) is 11.3 Å². The number of hydrogen-bond donors (Lipinski definition) is 1. The zero-order chi connectivity index (χ0) is 24.3. The van der Waals surface area contributed by atoms with Gasteiger partial charge in [-0.1, -0.05) is 67.4 Å². The fourth-order valence-corrected chi connectivity index (χ4v) is 6.56. The topological polar surface area (TPSA) is 87.8 Å². The van der Waals surface area contributed by atoms with E-state index in [1.54, 1.807) is 17.6 Å². The van der Waals surface area contributed by atoms with E-state index in [0.717, 1.165) is 35.3 Å². The van der Waals surface area contributed by atoms with Gasteiger partial charge in [0.05, 0.1) is 16.7 Å². The monoisotopic (exact) mass is 492 g/mol. The summed E-state index contributed by atoms with van der Waals surface area (Å²) in [7, 11) is 0.